The van der Waals surface area contributed by atoms with Gasteiger partial charge in [0, 0.05) is 6.42 Å². The number of carbonyl (C=O) groups is 3. The first-order chi connectivity index (χ1) is 17.0. The van der Waals surface area contributed by atoms with E-state index in [1.54, 1.807) is 0 Å². The third-order valence-electron chi connectivity index (χ3n) is 5.09. The summed E-state index contributed by atoms with van der Waals surface area (Å²) in [6.45, 7) is 1.45. The number of carbonyl (C=O) groups excluding carboxylic acids is 3. The third-order valence-corrected chi connectivity index (χ3v) is 5.31. The number of aliphatic hydroxyl groups excluding tert-OH is 1. The molecule has 0 aliphatic carbocycles. The molecule has 0 spiro atoms. The van der Waals surface area contributed by atoms with Crippen molar-refractivity contribution < 1.29 is 33.6 Å². The van der Waals surface area contributed by atoms with Crippen molar-refractivity contribution in [1.29, 1.82) is 0 Å². The summed E-state index contributed by atoms with van der Waals surface area (Å²) in [5.41, 5.74) is 5.62. The van der Waals surface area contributed by atoms with E-state index in [4.69, 9.17) is 43.1 Å². The van der Waals surface area contributed by atoms with Crippen LogP contribution in [-0.4, -0.2) is 90.2 Å². The van der Waals surface area contributed by atoms with Gasteiger partial charge in [-0.05, 0) is 6.92 Å². The third kappa shape index (κ3) is 15.2. The molecule has 36 heavy (non-hydrogen) atoms. The molecule has 0 radical (unpaired) electrons. The van der Waals surface area contributed by atoms with Crippen LogP contribution in [0.15, 0.2) is 5.18 Å². The van der Waals surface area contributed by atoms with Crippen LogP contribution in [0.25, 0.3) is 0 Å². The summed E-state index contributed by atoms with van der Waals surface area (Å²) in [4.78, 5) is 47.5. The van der Waals surface area contributed by atoms with Crippen molar-refractivity contribution in [2.45, 2.75) is 80.9 Å². The van der Waals surface area contributed by atoms with Crippen molar-refractivity contribution in [3.63, 3.8) is 0 Å². The molecule has 1 heterocycles. The quantitative estimate of drug-likeness (QED) is 0.0750. The number of hydrogen-bond donors (Lipinski definition) is 3. The Morgan fingerprint density at radius 2 is 1.86 bits per heavy atom. The normalized spacial score (nSPS) is 17.6. The second-order valence-electron chi connectivity index (χ2n) is 8.58. The molecule has 1 aliphatic heterocycles. The molecule has 0 saturated carbocycles. The van der Waals surface area contributed by atoms with Crippen molar-refractivity contribution >= 4 is 54.3 Å². The fourth-order valence-electron chi connectivity index (χ4n) is 3.04. The van der Waals surface area contributed by atoms with Crippen LogP contribution >= 0.6 is 23.2 Å². The number of aliphatic hydroxyl groups is 1. The van der Waals surface area contributed by atoms with Crippen LogP contribution in [0.5, 0.6) is 0 Å². The topological polar surface area (TPSA) is 170 Å². The van der Waals surface area contributed by atoms with Crippen LogP contribution in [0.4, 0.5) is 4.79 Å². The van der Waals surface area contributed by atoms with Crippen molar-refractivity contribution in [2.75, 3.05) is 26.5 Å². The Bertz CT molecular complexity index is 741. The Kier molecular flexibility index (Phi) is 15.6. The zero-order valence-electron chi connectivity index (χ0n) is 20.4. The molecule has 2 amide bonds. The first-order valence-corrected chi connectivity index (χ1v) is 12.6. The zero-order chi connectivity index (χ0) is 27.0. The Labute approximate surface area is 221 Å². The summed E-state index contributed by atoms with van der Waals surface area (Å²) < 4.78 is 14.1. The van der Waals surface area contributed by atoms with E-state index in [0.29, 0.717) is 25.8 Å². The number of urea groups is 1. The molecule has 15 heteroatoms. The minimum absolute atomic E-state index is 0.0582. The van der Waals surface area contributed by atoms with Gasteiger partial charge in [-0.15, -0.1) is 0 Å². The van der Waals surface area contributed by atoms with E-state index in [0.717, 1.165) is 26.4 Å². The number of halogens is 2. The SMILES string of the molecule is CC(Cl)(Cl)COC(=O)CCCCCCCC(=O)OCC(O)C(C=BOCN1CCC(N)NC1=O)N=O. The number of nitrogens with zero attached hydrogens (tertiary/aromatic N) is 2. The standard InChI is InChI=1S/C21H35BCl2N4O8/c1-21(23,24)13-35-19(31)8-6-4-2-3-5-7-18(30)34-12-16(29)15(27-33)11-22-36-14-28-10-9-17(25)26-20(28)32/h11,15-17,29H,2-10,12-14,25H2,1H3,(H,26,32). The van der Waals surface area contributed by atoms with Gasteiger partial charge in [-0.3, -0.25) is 4.79 Å². The fraction of sp³-hybridized carbons (Fsp3) is 0.810. The first kappa shape index (κ1) is 32.1. The van der Waals surface area contributed by atoms with Gasteiger partial charge in [0.05, 0.1) is 0 Å². The Hall–Kier alpha value is -1.96. The van der Waals surface area contributed by atoms with Gasteiger partial charge >= 0.3 is 164 Å². The Balaban J connectivity index is 2.11. The van der Waals surface area contributed by atoms with Crippen LogP contribution in [0, 0.1) is 4.91 Å². The monoisotopic (exact) mass is 552 g/mol. The molecule has 1 rings (SSSR count). The number of nitroso groups, excluding NO2 is 1. The van der Waals surface area contributed by atoms with Gasteiger partial charge in [0.25, 0.3) is 0 Å². The number of rotatable bonds is 18. The average Bonchev–Trinajstić information content (AvgIpc) is 2.81. The molecule has 0 bridgehead atoms. The van der Waals surface area contributed by atoms with Gasteiger partial charge in [-0.25, -0.2) is 0 Å². The second kappa shape index (κ2) is 17.5. The number of hydrogen-bond acceptors (Lipinski definition) is 10. The van der Waals surface area contributed by atoms with E-state index < -0.39 is 29.1 Å². The average molecular weight is 553 g/mol. The number of esters is 2. The van der Waals surface area contributed by atoms with Gasteiger partial charge < -0.3 is 4.74 Å². The molecule has 0 aromatic rings. The summed E-state index contributed by atoms with van der Waals surface area (Å²) in [6, 6.07) is -1.54. The Morgan fingerprint density at radius 1 is 1.25 bits per heavy atom. The number of ether oxygens (including phenoxy) is 2. The molecule has 1 aliphatic rings. The summed E-state index contributed by atoms with van der Waals surface area (Å²) >= 11 is 11.5. The summed E-state index contributed by atoms with van der Waals surface area (Å²) in [7, 11) is 1.16. The van der Waals surface area contributed by atoms with Gasteiger partial charge in [-0.1, -0.05) is 23.2 Å². The summed E-state index contributed by atoms with van der Waals surface area (Å²) in [5.74, 6) is 0.370. The van der Waals surface area contributed by atoms with Gasteiger partial charge in [0.2, 0.25) is 0 Å². The predicted molar refractivity (Wildman–Crippen MR) is 136 cm³/mol. The molecule has 1 fully saturated rings. The molecule has 12 nitrogen and oxygen atoms in total. The van der Waals surface area contributed by atoms with Gasteiger partial charge in [-0.2, -0.15) is 0 Å². The number of unbranched alkanes of at least 4 members (excludes halogenated alkanes) is 4. The van der Waals surface area contributed by atoms with Crippen LogP contribution in [0.3, 0.4) is 0 Å². The van der Waals surface area contributed by atoms with Crippen molar-refractivity contribution in [3.8, 4) is 0 Å². The zero-order valence-corrected chi connectivity index (χ0v) is 21.9. The number of amides is 2. The van der Waals surface area contributed by atoms with E-state index in [9.17, 15) is 24.4 Å². The number of nitrogens with two attached hydrogens (primary N) is 1. The van der Waals surface area contributed by atoms with Gasteiger partial charge in [0.15, 0.2) is 0 Å². The van der Waals surface area contributed by atoms with E-state index in [1.807, 2.05) is 0 Å². The van der Waals surface area contributed by atoms with E-state index in [-0.39, 0.29) is 44.3 Å². The molecule has 4 N–H and O–H groups in total. The molecule has 3 atom stereocenters. The van der Waals surface area contributed by atoms with Gasteiger partial charge in [0.1, 0.15) is 10.9 Å². The molecular formula is C21H35BCl2N4O8. The molecule has 204 valence electrons. The number of alkyl halides is 2. The number of nitrogens with one attached hydrogen (secondary N) is 1. The maximum absolute atomic E-state index is 11.9. The van der Waals surface area contributed by atoms with Crippen LogP contribution in [0.2, 0.25) is 0 Å². The van der Waals surface area contributed by atoms with Crippen LogP contribution < -0.4 is 11.1 Å². The summed E-state index contributed by atoms with van der Waals surface area (Å²) in [5, 5.41) is 15.4. The molecule has 0 aromatic heterocycles. The first-order valence-electron chi connectivity index (χ1n) is 11.8. The molecule has 1 saturated heterocycles. The predicted octanol–water partition coefficient (Wildman–Crippen LogP) is 1.59. The summed E-state index contributed by atoms with van der Waals surface area (Å²) in [6.07, 6.45) is 2.95. The molecule has 3 unspecified atom stereocenters. The van der Waals surface area contributed by atoms with E-state index >= 15 is 0 Å². The van der Waals surface area contributed by atoms with Crippen LogP contribution in [-0.2, 0) is 23.7 Å². The van der Waals surface area contributed by atoms with Crippen molar-refractivity contribution in [3.05, 3.63) is 4.91 Å². The molecular weight excluding hydrogens is 518 g/mol. The van der Waals surface area contributed by atoms with E-state index in [2.05, 4.69) is 10.5 Å². The van der Waals surface area contributed by atoms with Crippen molar-refractivity contribution in [2.24, 2.45) is 10.9 Å². The second-order valence-corrected chi connectivity index (χ2v) is 10.4. The Morgan fingerprint density at radius 3 is 2.44 bits per heavy atom. The fourth-order valence-corrected chi connectivity index (χ4v) is 3.15. The van der Waals surface area contributed by atoms with E-state index in [1.165, 1.54) is 17.8 Å². The molecule has 0 aromatic carbocycles. The van der Waals surface area contributed by atoms with Crippen LogP contribution in [0.1, 0.15) is 58.3 Å². The van der Waals surface area contributed by atoms with Crippen molar-refractivity contribution in [1.82, 2.24) is 10.2 Å². The minimum atomic E-state index is -1.34. The maximum atomic E-state index is 11.9.